The Hall–Kier alpha value is -2.16. The molecule has 1 N–H and O–H groups in total. The van der Waals surface area contributed by atoms with Crippen molar-refractivity contribution in [1.29, 1.82) is 5.26 Å². The van der Waals surface area contributed by atoms with Crippen LogP contribution >= 0.6 is 0 Å². The van der Waals surface area contributed by atoms with Crippen molar-refractivity contribution in [3.8, 4) is 6.07 Å². The van der Waals surface area contributed by atoms with Crippen LogP contribution in [0.5, 0.6) is 0 Å². The number of nitrogens with zero attached hydrogens (tertiary/aromatic N) is 4. The Balaban J connectivity index is 2.78. The summed E-state index contributed by atoms with van der Waals surface area (Å²) in [6.45, 7) is 5.74. The Morgan fingerprint density at radius 2 is 2.22 bits per heavy atom. The summed E-state index contributed by atoms with van der Waals surface area (Å²) in [4.78, 5) is 21.5. The summed E-state index contributed by atoms with van der Waals surface area (Å²) >= 11 is 0. The molecule has 6 heteroatoms. The van der Waals surface area contributed by atoms with Crippen LogP contribution in [0, 0.1) is 18.3 Å². The van der Waals surface area contributed by atoms with E-state index in [1.165, 1.54) is 0 Å². The minimum absolute atomic E-state index is 0.0963. The second-order valence-electron chi connectivity index (χ2n) is 4.38. The van der Waals surface area contributed by atoms with Crippen molar-refractivity contribution in [2.24, 2.45) is 0 Å². The van der Waals surface area contributed by atoms with Gasteiger partial charge in [-0.05, 0) is 26.8 Å². The molecule has 0 aliphatic heterocycles. The number of nitrogens with one attached hydrogen (secondary N) is 1. The molecular weight excluding hydrogens is 230 g/mol. The fourth-order valence-electron chi connectivity index (χ4n) is 1.43. The highest BCUT2D eigenvalue weighted by atomic mass is 16.2. The van der Waals surface area contributed by atoms with Gasteiger partial charge in [0.1, 0.15) is 11.8 Å². The molecule has 0 unspecified atom stereocenters. The van der Waals surface area contributed by atoms with Crippen LogP contribution in [0.4, 0.5) is 5.95 Å². The van der Waals surface area contributed by atoms with E-state index in [9.17, 15) is 4.79 Å². The van der Waals surface area contributed by atoms with Crippen molar-refractivity contribution in [2.75, 3.05) is 18.5 Å². The van der Waals surface area contributed by atoms with Crippen molar-refractivity contribution in [3.05, 3.63) is 17.5 Å². The van der Waals surface area contributed by atoms with Crippen molar-refractivity contribution in [2.45, 2.75) is 26.8 Å². The molecule has 0 spiro atoms. The van der Waals surface area contributed by atoms with Crippen LogP contribution in [0.2, 0.25) is 0 Å². The van der Waals surface area contributed by atoms with Crippen LogP contribution in [-0.2, 0) is 4.79 Å². The van der Waals surface area contributed by atoms with Crippen molar-refractivity contribution in [1.82, 2.24) is 15.3 Å². The second-order valence-corrected chi connectivity index (χ2v) is 4.38. The fourth-order valence-corrected chi connectivity index (χ4v) is 1.43. The molecule has 1 heterocycles. The quantitative estimate of drug-likeness (QED) is 0.843. The lowest BCUT2D eigenvalue weighted by molar-refractivity contribution is -0.120. The molecule has 0 fully saturated rings. The SMILES string of the molecule is Cc1cc(C#N)nc(N(C)CC(=O)NC(C)C)n1. The van der Waals surface area contributed by atoms with Crippen LogP contribution in [0.25, 0.3) is 0 Å². The van der Waals surface area contributed by atoms with Crippen LogP contribution in [0.3, 0.4) is 0 Å². The van der Waals surface area contributed by atoms with Crippen LogP contribution in [0.15, 0.2) is 6.07 Å². The van der Waals surface area contributed by atoms with Gasteiger partial charge in [-0.2, -0.15) is 5.26 Å². The maximum Gasteiger partial charge on any atom is 0.239 e. The topological polar surface area (TPSA) is 81.9 Å². The number of likely N-dealkylation sites (N-methyl/N-ethyl adjacent to an activating group) is 1. The van der Waals surface area contributed by atoms with Gasteiger partial charge in [-0.15, -0.1) is 0 Å². The fraction of sp³-hybridized carbons (Fsp3) is 0.500. The van der Waals surface area contributed by atoms with E-state index in [0.717, 1.165) is 0 Å². The van der Waals surface area contributed by atoms with Gasteiger partial charge in [-0.3, -0.25) is 4.79 Å². The highest BCUT2D eigenvalue weighted by molar-refractivity contribution is 5.80. The maximum absolute atomic E-state index is 11.6. The lowest BCUT2D eigenvalue weighted by Crippen LogP contribution is -2.39. The molecule has 0 saturated heterocycles. The van der Waals surface area contributed by atoms with Crippen LogP contribution in [-0.4, -0.2) is 35.5 Å². The standard InChI is InChI=1S/C12H17N5O/c1-8(2)14-11(18)7-17(4)12-15-9(3)5-10(6-13)16-12/h5,8H,7H2,1-4H3,(H,14,18). The number of anilines is 1. The number of amides is 1. The van der Waals surface area contributed by atoms with Crippen LogP contribution in [0.1, 0.15) is 25.2 Å². The minimum Gasteiger partial charge on any atom is -0.352 e. The Morgan fingerprint density at radius 1 is 1.56 bits per heavy atom. The molecule has 1 aromatic heterocycles. The second kappa shape index (κ2) is 5.96. The van der Waals surface area contributed by atoms with E-state index in [0.29, 0.717) is 17.3 Å². The van der Waals surface area contributed by atoms with E-state index < -0.39 is 0 Å². The summed E-state index contributed by atoms with van der Waals surface area (Å²) in [6, 6.07) is 3.67. The van der Waals surface area contributed by atoms with Crippen LogP contribution < -0.4 is 10.2 Å². The van der Waals surface area contributed by atoms with Gasteiger partial charge in [0.25, 0.3) is 0 Å². The van der Waals surface area contributed by atoms with Gasteiger partial charge in [-0.25, -0.2) is 9.97 Å². The zero-order valence-corrected chi connectivity index (χ0v) is 11.1. The third-order valence-corrected chi connectivity index (χ3v) is 2.13. The Bertz CT molecular complexity index is 478. The van der Waals surface area contributed by atoms with E-state index in [1.54, 1.807) is 24.9 Å². The zero-order chi connectivity index (χ0) is 13.7. The molecular formula is C12H17N5O. The molecule has 18 heavy (non-hydrogen) atoms. The van der Waals surface area contributed by atoms with Gasteiger partial charge in [0, 0.05) is 18.8 Å². The normalized spacial score (nSPS) is 10.0. The number of carbonyl (C=O) groups is 1. The molecule has 6 nitrogen and oxygen atoms in total. The molecule has 0 aromatic carbocycles. The molecule has 1 rings (SSSR count). The molecule has 0 atom stereocenters. The summed E-state index contributed by atoms with van der Waals surface area (Å²) in [6.07, 6.45) is 0. The number of aryl methyl sites for hydroxylation is 1. The monoisotopic (exact) mass is 247 g/mol. The first-order valence-corrected chi connectivity index (χ1v) is 5.68. The molecule has 0 bridgehead atoms. The van der Waals surface area contributed by atoms with Gasteiger partial charge >= 0.3 is 0 Å². The van der Waals surface area contributed by atoms with Gasteiger partial charge in [0.2, 0.25) is 11.9 Å². The van der Waals surface area contributed by atoms with Gasteiger partial charge in [0.15, 0.2) is 0 Å². The van der Waals surface area contributed by atoms with Crippen molar-refractivity contribution < 1.29 is 4.79 Å². The Morgan fingerprint density at radius 3 is 2.78 bits per heavy atom. The van der Waals surface area contributed by atoms with E-state index in [2.05, 4.69) is 15.3 Å². The Labute approximate surface area is 107 Å². The molecule has 1 amide bonds. The number of rotatable bonds is 4. The number of hydrogen-bond acceptors (Lipinski definition) is 5. The van der Waals surface area contributed by atoms with Crippen molar-refractivity contribution >= 4 is 11.9 Å². The molecule has 0 saturated carbocycles. The van der Waals surface area contributed by atoms with E-state index in [1.807, 2.05) is 19.9 Å². The van der Waals surface area contributed by atoms with Crippen molar-refractivity contribution in [3.63, 3.8) is 0 Å². The highest BCUT2D eigenvalue weighted by Gasteiger charge is 2.11. The summed E-state index contributed by atoms with van der Waals surface area (Å²) in [7, 11) is 1.72. The highest BCUT2D eigenvalue weighted by Crippen LogP contribution is 2.07. The summed E-state index contributed by atoms with van der Waals surface area (Å²) in [5, 5.41) is 11.6. The summed E-state index contributed by atoms with van der Waals surface area (Å²) in [5.74, 6) is 0.279. The molecule has 1 aromatic rings. The smallest absolute Gasteiger partial charge is 0.239 e. The first-order chi connectivity index (χ1) is 8.42. The van der Waals surface area contributed by atoms with E-state index >= 15 is 0 Å². The van der Waals surface area contributed by atoms with Gasteiger partial charge < -0.3 is 10.2 Å². The third-order valence-electron chi connectivity index (χ3n) is 2.13. The number of aromatic nitrogens is 2. The molecule has 0 radical (unpaired) electrons. The minimum atomic E-state index is -0.101. The predicted octanol–water partition coefficient (Wildman–Crippen LogP) is 0.617. The number of carbonyl (C=O) groups excluding carboxylic acids is 1. The largest absolute Gasteiger partial charge is 0.352 e. The number of hydrogen-bond donors (Lipinski definition) is 1. The first kappa shape index (κ1) is 13.9. The molecule has 0 aliphatic carbocycles. The number of nitriles is 1. The molecule has 0 aliphatic rings. The van der Waals surface area contributed by atoms with Gasteiger partial charge in [-0.1, -0.05) is 0 Å². The average molecular weight is 247 g/mol. The lowest BCUT2D eigenvalue weighted by Gasteiger charge is -2.18. The van der Waals surface area contributed by atoms with Gasteiger partial charge in [0.05, 0.1) is 6.54 Å². The summed E-state index contributed by atoms with van der Waals surface area (Å²) in [5.41, 5.74) is 1.00. The lowest BCUT2D eigenvalue weighted by atomic mass is 10.3. The maximum atomic E-state index is 11.6. The third kappa shape index (κ3) is 4.01. The average Bonchev–Trinajstić information content (AvgIpc) is 2.26. The molecule has 96 valence electrons. The predicted molar refractivity (Wildman–Crippen MR) is 68.0 cm³/mol. The zero-order valence-electron chi connectivity index (χ0n) is 11.1. The van der Waals surface area contributed by atoms with E-state index in [4.69, 9.17) is 5.26 Å². The first-order valence-electron chi connectivity index (χ1n) is 5.68. The Kier molecular flexibility index (Phi) is 4.60. The summed E-state index contributed by atoms with van der Waals surface area (Å²) < 4.78 is 0. The van der Waals surface area contributed by atoms with E-state index in [-0.39, 0.29) is 18.5 Å².